The predicted molar refractivity (Wildman–Crippen MR) is 317 cm³/mol. The average molecular weight is 1140 g/mol. The summed E-state index contributed by atoms with van der Waals surface area (Å²) < 4.78 is 13.4. The smallest absolute Gasteiger partial charge is 0.222 e. The molecule has 8 heterocycles. The molecule has 15 N–H and O–H groups in total. The molecule has 0 aliphatic heterocycles. The summed E-state index contributed by atoms with van der Waals surface area (Å²) >= 11 is 5.68. The van der Waals surface area contributed by atoms with E-state index >= 15 is 0 Å². The zero-order valence-electron chi connectivity index (χ0n) is 46.5. The van der Waals surface area contributed by atoms with Crippen molar-refractivity contribution >= 4 is 114 Å². The Kier molecular flexibility index (Phi) is 25.3. The van der Waals surface area contributed by atoms with Crippen LogP contribution in [0.3, 0.4) is 0 Å². The van der Waals surface area contributed by atoms with Crippen LogP contribution in [0.1, 0.15) is 111 Å². The molecule has 4 atom stereocenters. The van der Waals surface area contributed by atoms with E-state index in [0.29, 0.717) is 87.6 Å². The zero-order chi connectivity index (χ0) is 59.0. The van der Waals surface area contributed by atoms with Gasteiger partial charge < -0.3 is 59.5 Å². The third-order valence-corrected chi connectivity index (χ3v) is 12.4. The van der Waals surface area contributed by atoms with E-state index in [2.05, 4.69) is 88.0 Å². The van der Waals surface area contributed by atoms with Gasteiger partial charge >= 0.3 is 0 Å². The van der Waals surface area contributed by atoms with Crippen LogP contribution in [0, 0.1) is 12.7 Å². The molecule has 25 nitrogen and oxygen atoms in total. The Morgan fingerprint density at radius 2 is 0.963 bits per heavy atom. The molecule has 0 saturated heterocycles. The lowest BCUT2D eigenvalue weighted by Crippen LogP contribution is -2.30. The van der Waals surface area contributed by atoms with E-state index in [1.807, 2.05) is 52.8 Å². The van der Waals surface area contributed by atoms with Gasteiger partial charge in [0, 0.05) is 43.6 Å². The fraction of sp³-hybridized carbons (Fsp3) is 0.444. The second-order valence-electron chi connectivity index (χ2n) is 18.6. The van der Waals surface area contributed by atoms with Gasteiger partial charge in [-0.15, -0.1) is 0 Å². The number of ketones is 2. The number of halogens is 2. The van der Waals surface area contributed by atoms with E-state index in [1.165, 1.54) is 0 Å². The maximum atomic E-state index is 13.4. The summed E-state index contributed by atoms with van der Waals surface area (Å²) in [6.07, 6.45) is 11.3. The van der Waals surface area contributed by atoms with Crippen LogP contribution in [-0.4, -0.2) is 131 Å². The van der Waals surface area contributed by atoms with Gasteiger partial charge in [0.25, 0.3) is 0 Å². The first-order valence-corrected chi connectivity index (χ1v) is 27.3. The molecule has 0 aromatic carbocycles. The minimum Gasteiger partial charge on any atom is -0.396 e. The topological polar surface area (TPSA) is 402 Å². The molecule has 0 radical (unpaired) electrons. The Hall–Kier alpha value is -8.20. The second-order valence-corrected chi connectivity index (χ2v) is 19.0. The van der Waals surface area contributed by atoms with Crippen molar-refractivity contribution in [3.05, 3.63) is 71.5 Å². The molecule has 0 spiro atoms. The number of aliphatic hydroxyl groups is 3. The summed E-state index contributed by atoms with van der Waals surface area (Å²) in [7, 11) is 0. The van der Waals surface area contributed by atoms with Crippen LogP contribution >= 0.6 is 11.6 Å². The molecule has 0 bridgehead atoms. The highest BCUT2D eigenvalue weighted by molar-refractivity contribution is 6.30. The molecular formula is C54H74ClFN20O5. The van der Waals surface area contributed by atoms with Crippen molar-refractivity contribution in [1.29, 1.82) is 0 Å². The van der Waals surface area contributed by atoms with Gasteiger partial charge in [0.05, 0.1) is 59.4 Å². The number of nitrogen functional groups attached to an aromatic ring is 4. The number of Topliss-reactive ketones (excluding diaryl/α,β-unsaturated/α-hetero) is 2. The molecule has 81 heavy (non-hydrogen) atoms. The van der Waals surface area contributed by atoms with Gasteiger partial charge in [-0.25, -0.2) is 34.3 Å². The summed E-state index contributed by atoms with van der Waals surface area (Å²) in [5.74, 6) is 1.97. The van der Waals surface area contributed by atoms with Crippen LogP contribution in [0.25, 0.3) is 44.1 Å². The molecule has 0 aliphatic carbocycles. The number of pyridine rings is 4. The average Bonchev–Trinajstić information content (AvgIpc) is 3.48. The third-order valence-electron chi connectivity index (χ3n) is 12.1. The quantitative estimate of drug-likeness (QED) is 0.0267. The molecule has 0 saturated carbocycles. The van der Waals surface area contributed by atoms with Crippen LogP contribution in [0.4, 0.5) is 51.5 Å². The molecule has 0 fully saturated rings. The molecule has 0 amide bonds. The summed E-state index contributed by atoms with van der Waals surface area (Å²) in [6.45, 7) is 11.9. The van der Waals surface area contributed by atoms with Crippen LogP contribution in [0.15, 0.2) is 54.9 Å². The number of hydrogen-bond donors (Lipinski definition) is 11. The van der Waals surface area contributed by atoms with Crippen LogP contribution in [-0.2, 0) is 9.59 Å². The zero-order valence-corrected chi connectivity index (χ0v) is 47.3. The molecule has 8 rings (SSSR count). The Labute approximate surface area is 473 Å². The number of nitrogens with two attached hydrogens (primary N) is 4. The summed E-state index contributed by atoms with van der Waals surface area (Å²) in [6, 6.07) is 11.2. The highest BCUT2D eigenvalue weighted by Gasteiger charge is 2.21. The van der Waals surface area contributed by atoms with Crippen molar-refractivity contribution in [2.75, 3.05) is 64.0 Å². The first kappa shape index (κ1) is 63.6. The number of hydrogen-bond acceptors (Lipinski definition) is 25. The number of carbonyl (C=O) groups excluding carboxylic acids is 2. The van der Waals surface area contributed by atoms with Crippen LogP contribution < -0.4 is 44.2 Å². The lowest BCUT2D eigenvalue weighted by Gasteiger charge is -2.18. The number of aryl methyl sites for hydroxylation is 1. The highest BCUT2D eigenvalue weighted by Crippen LogP contribution is 2.26. The van der Waals surface area contributed by atoms with Gasteiger partial charge in [-0.05, 0) is 75.4 Å². The minimum absolute atomic E-state index is 0.00305. The predicted octanol–water partition coefficient (Wildman–Crippen LogP) is 7.16. The number of aromatic nitrogens is 12. The fourth-order valence-corrected chi connectivity index (χ4v) is 8.38. The van der Waals surface area contributed by atoms with E-state index in [1.54, 1.807) is 30.6 Å². The Morgan fingerprint density at radius 3 is 1.40 bits per heavy atom. The van der Waals surface area contributed by atoms with Gasteiger partial charge in [0.2, 0.25) is 23.8 Å². The summed E-state index contributed by atoms with van der Waals surface area (Å²) in [5, 5.41) is 39.8. The summed E-state index contributed by atoms with van der Waals surface area (Å²) in [5.41, 5.74) is 28.1. The van der Waals surface area contributed by atoms with Crippen molar-refractivity contribution in [1.82, 2.24) is 59.8 Å². The summed E-state index contributed by atoms with van der Waals surface area (Å²) in [4.78, 5) is 74.1. The molecule has 27 heteroatoms. The third kappa shape index (κ3) is 18.7. The largest absolute Gasteiger partial charge is 0.396 e. The van der Waals surface area contributed by atoms with Gasteiger partial charge in [0.15, 0.2) is 45.8 Å². The SMILES string of the molecule is CCC[C@@H](CO)Nc1nc(N)nc2cc(F)c(Cl)nc12.CCC[C@@H](CO)Nc1nc(N)nc2ccc(C)nc12.CCC[C@H](Nc1nc(N)nc2cccnc12)C(=O)CC.CCC[C@H](Nc1nc(N)nc2cccnc12)C(=O)CCCO. The minimum atomic E-state index is -0.671. The second kappa shape index (κ2) is 32.2. The number of nitrogens with one attached hydrogen (secondary N) is 4. The molecule has 8 aromatic heterocycles. The lowest BCUT2D eigenvalue weighted by atomic mass is 10.0. The van der Waals surface area contributed by atoms with Crippen molar-refractivity contribution in [2.24, 2.45) is 0 Å². The van der Waals surface area contributed by atoms with Crippen LogP contribution in [0.2, 0.25) is 5.15 Å². The van der Waals surface area contributed by atoms with Gasteiger partial charge in [-0.3, -0.25) is 19.6 Å². The first-order valence-electron chi connectivity index (χ1n) is 26.9. The highest BCUT2D eigenvalue weighted by atomic mass is 35.5. The van der Waals surface area contributed by atoms with Crippen LogP contribution in [0.5, 0.6) is 0 Å². The van der Waals surface area contributed by atoms with Crippen molar-refractivity contribution in [3.8, 4) is 0 Å². The number of rotatable bonds is 24. The standard InChI is InChI=1S/C15H21N5O2.C14H19N5O.C13H19N5O.C12H15ClFN5O/c1-2-5-10(12(22)7-4-9-21)18-14-13-11(6-3-8-17-13)19-15(16)20-14;1-3-6-9(11(20)4-2)17-13-12-10(7-5-8-16-12)18-14(15)19-13;1-3-4-9(7-19)16-12-11-10(17-13(14)18-12)6-5-8(2)15-11;1-2-3-6(5-20)16-11-9-8(17-12(15)19-11)4-7(14)10(13)18-9/h3,6,8,10,21H,2,4-5,7,9H2,1H3,(H3,16,18,19,20);5,7-9H,3-4,6H2,1-2H3,(H3,15,17,18,19);5-6,9,19H,3-4,7H2,1-2H3,(H3,14,16,17,18);4,6,20H,2-3,5H2,1H3,(H3,15,16,17,19)/t10-;2*9-;6-/m0000/s1. The first-order chi connectivity index (χ1) is 39.0. The molecule has 8 aromatic rings. The van der Waals surface area contributed by atoms with Crippen molar-refractivity contribution in [2.45, 2.75) is 136 Å². The Morgan fingerprint density at radius 1 is 0.543 bits per heavy atom. The van der Waals surface area contributed by atoms with E-state index in [9.17, 15) is 24.2 Å². The monoisotopic (exact) mass is 1140 g/mol. The maximum Gasteiger partial charge on any atom is 0.222 e. The van der Waals surface area contributed by atoms with Crippen molar-refractivity contribution in [3.63, 3.8) is 0 Å². The number of aliphatic hydroxyl groups excluding tert-OH is 3. The Balaban J connectivity index is 0.000000198. The Bertz CT molecular complexity index is 3330. The molecule has 434 valence electrons. The lowest BCUT2D eigenvalue weighted by molar-refractivity contribution is -0.120. The maximum absolute atomic E-state index is 13.4. The molecule has 0 aliphatic rings. The van der Waals surface area contributed by atoms with Gasteiger partial charge in [-0.1, -0.05) is 71.9 Å². The fourth-order valence-electron chi connectivity index (χ4n) is 8.25. The number of carbonyl (C=O) groups is 2. The van der Waals surface area contributed by atoms with E-state index in [-0.39, 0.29) is 90.0 Å². The van der Waals surface area contributed by atoms with Crippen molar-refractivity contribution < 1.29 is 29.3 Å². The van der Waals surface area contributed by atoms with Gasteiger partial charge in [-0.2, -0.15) is 19.9 Å². The van der Waals surface area contributed by atoms with E-state index in [0.717, 1.165) is 56.7 Å². The molecule has 0 unspecified atom stereocenters. The number of anilines is 8. The van der Waals surface area contributed by atoms with Gasteiger partial charge in [0.1, 0.15) is 22.1 Å². The number of fused-ring (bicyclic) bond motifs is 4. The van der Waals surface area contributed by atoms with E-state index in [4.69, 9.17) is 39.6 Å². The normalized spacial score (nSPS) is 12.4. The van der Waals surface area contributed by atoms with E-state index < -0.39 is 5.82 Å². The number of nitrogens with zero attached hydrogens (tertiary/aromatic N) is 12. The molecular weight excluding hydrogens is 1060 g/mol.